The van der Waals surface area contributed by atoms with Gasteiger partial charge in [0.15, 0.2) is 0 Å². The molecule has 4 heteroatoms. The van der Waals surface area contributed by atoms with Gasteiger partial charge in [0, 0.05) is 15.7 Å². The van der Waals surface area contributed by atoms with E-state index in [9.17, 15) is 5.11 Å². The molecule has 1 heterocycles. The lowest BCUT2D eigenvalue weighted by Crippen LogP contribution is -2.03. The van der Waals surface area contributed by atoms with Gasteiger partial charge >= 0.3 is 0 Å². The van der Waals surface area contributed by atoms with Gasteiger partial charge in [-0.25, -0.2) is 4.98 Å². The first-order valence-corrected chi connectivity index (χ1v) is 6.28. The lowest BCUT2D eigenvalue weighted by Gasteiger charge is -2.14. The molecule has 17 heavy (non-hydrogen) atoms. The molecule has 1 unspecified atom stereocenters. The van der Waals surface area contributed by atoms with E-state index < -0.39 is 6.10 Å². The van der Waals surface area contributed by atoms with Crippen LogP contribution in [0.4, 0.5) is 0 Å². The summed E-state index contributed by atoms with van der Waals surface area (Å²) in [6.45, 7) is 5.77. The van der Waals surface area contributed by atoms with Crippen molar-refractivity contribution in [1.82, 2.24) is 9.55 Å². The number of aliphatic hydroxyl groups excluding tert-OH is 1. The Morgan fingerprint density at radius 1 is 1.35 bits per heavy atom. The van der Waals surface area contributed by atoms with Crippen LogP contribution in [0.2, 0.25) is 0 Å². The molecule has 1 atom stereocenters. The van der Waals surface area contributed by atoms with E-state index in [0.29, 0.717) is 0 Å². The van der Waals surface area contributed by atoms with Gasteiger partial charge in [-0.1, -0.05) is 15.9 Å². The molecular formula is C13H15BrN2O. The highest BCUT2D eigenvalue weighted by Gasteiger charge is 2.12. The van der Waals surface area contributed by atoms with E-state index in [1.54, 1.807) is 13.3 Å². The highest BCUT2D eigenvalue weighted by atomic mass is 79.9. The minimum atomic E-state index is -0.510. The first-order chi connectivity index (χ1) is 8.00. The van der Waals surface area contributed by atoms with Crippen LogP contribution in [0.15, 0.2) is 29.0 Å². The molecule has 3 nitrogen and oxygen atoms in total. The number of aliphatic hydroxyl groups is 1. The monoisotopic (exact) mass is 294 g/mol. The molecule has 0 aliphatic rings. The van der Waals surface area contributed by atoms with Crippen molar-refractivity contribution in [3.63, 3.8) is 0 Å². The van der Waals surface area contributed by atoms with Crippen LogP contribution in [0.25, 0.3) is 5.69 Å². The summed E-state index contributed by atoms with van der Waals surface area (Å²) >= 11 is 3.42. The van der Waals surface area contributed by atoms with Gasteiger partial charge in [-0.15, -0.1) is 0 Å². The third-order valence-electron chi connectivity index (χ3n) is 2.95. The molecule has 1 N–H and O–H groups in total. The first-order valence-electron chi connectivity index (χ1n) is 5.49. The van der Waals surface area contributed by atoms with Gasteiger partial charge in [0.25, 0.3) is 0 Å². The maximum atomic E-state index is 9.83. The molecule has 0 radical (unpaired) electrons. The molecule has 0 aliphatic heterocycles. The van der Waals surface area contributed by atoms with Crippen LogP contribution in [-0.4, -0.2) is 14.7 Å². The van der Waals surface area contributed by atoms with Crippen LogP contribution < -0.4 is 0 Å². The molecule has 0 aliphatic carbocycles. The molecule has 0 saturated carbocycles. The number of benzene rings is 1. The summed E-state index contributed by atoms with van der Waals surface area (Å²) in [5, 5.41) is 9.83. The van der Waals surface area contributed by atoms with Crippen molar-refractivity contribution in [2.45, 2.75) is 26.9 Å². The van der Waals surface area contributed by atoms with Gasteiger partial charge in [0.05, 0.1) is 23.8 Å². The Kier molecular flexibility index (Phi) is 3.35. The predicted molar refractivity (Wildman–Crippen MR) is 71.4 cm³/mol. The van der Waals surface area contributed by atoms with Crippen LogP contribution in [0.1, 0.15) is 30.0 Å². The normalized spacial score (nSPS) is 12.8. The molecule has 2 rings (SSSR count). The zero-order valence-electron chi connectivity index (χ0n) is 10.1. The number of nitrogens with zero attached hydrogens (tertiary/aromatic N) is 2. The van der Waals surface area contributed by atoms with Crippen molar-refractivity contribution in [2.24, 2.45) is 0 Å². The van der Waals surface area contributed by atoms with E-state index in [0.717, 1.165) is 27.1 Å². The second kappa shape index (κ2) is 4.63. The quantitative estimate of drug-likeness (QED) is 0.923. The van der Waals surface area contributed by atoms with Gasteiger partial charge in [0.1, 0.15) is 0 Å². The average Bonchev–Trinajstić information content (AvgIpc) is 2.60. The van der Waals surface area contributed by atoms with E-state index in [2.05, 4.69) is 20.9 Å². The number of halogens is 1. The van der Waals surface area contributed by atoms with Gasteiger partial charge in [-0.3, -0.25) is 0 Å². The third kappa shape index (κ3) is 2.28. The molecule has 1 aromatic carbocycles. The number of hydrogen-bond donors (Lipinski definition) is 1. The molecule has 90 valence electrons. The lowest BCUT2D eigenvalue weighted by molar-refractivity contribution is 0.199. The summed E-state index contributed by atoms with van der Waals surface area (Å²) in [7, 11) is 0. The van der Waals surface area contributed by atoms with Crippen molar-refractivity contribution in [1.29, 1.82) is 0 Å². The zero-order valence-corrected chi connectivity index (χ0v) is 11.7. The highest BCUT2D eigenvalue weighted by molar-refractivity contribution is 9.10. The summed E-state index contributed by atoms with van der Waals surface area (Å²) in [4.78, 5) is 4.29. The van der Waals surface area contributed by atoms with E-state index in [1.165, 1.54) is 0 Å². The standard InChI is InChI=1S/C13H15BrN2O/c1-8-9(2)16(7-15-8)13-5-4-11(14)6-12(13)10(3)17/h4-7,10,17H,1-3H3. The van der Waals surface area contributed by atoms with Crippen LogP contribution >= 0.6 is 15.9 Å². The minimum Gasteiger partial charge on any atom is -0.389 e. The summed E-state index contributed by atoms with van der Waals surface area (Å²) in [5.41, 5.74) is 3.96. The largest absolute Gasteiger partial charge is 0.389 e. The minimum absolute atomic E-state index is 0.510. The van der Waals surface area contributed by atoms with Gasteiger partial charge in [0.2, 0.25) is 0 Å². The number of imidazole rings is 1. The topological polar surface area (TPSA) is 38.0 Å². The van der Waals surface area contributed by atoms with E-state index in [4.69, 9.17) is 0 Å². The van der Waals surface area contributed by atoms with Crippen LogP contribution in [0, 0.1) is 13.8 Å². The SMILES string of the molecule is Cc1ncn(-c2ccc(Br)cc2C(C)O)c1C. The second-order valence-electron chi connectivity index (χ2n) is 4.16. The number of aryl methyl sites for hydroxylation is 1. The Balaban J connectivity index is 2.63. The molecule has 1 aromatic heterocycles. The van der Waals surface area contributed by atoms with Crippen molar-refractivity contribution in [3.05, 3.63) is 46.0 Å². The number of hydrogen-bond acceptors (Lipinski definition) is 2. The Labute approximate surface area is 109 Å². The fourth-order valence-corrected chi connectivity index (χ4v) is 2.20. The van der Waals surface area contributed by atoms with Gasteiger partial charge < -0.3 is 9.67 Å². The highest BCUT2D eigenvalue weighted by Crippen LogP contribution is 2.26. The molecule has 0 spiro atoms. The Morgan fingerprint density at radius 2 is 2.06 bits per heavy atom. The summed E-state index contributed by atoms with van der Waals surface area (Å²) in [6.07, 6.45) is 1.28. The van der Waals surface area contributed by atoms with Crippen molar-refractivity contribution in [3.8, 4) is 5.69 Å². The van der Waals surface area contributed by atoms with Crippen LogP contribution in [0.5, 0.6) is 0 Å². The predicted octanol–water partition coefficient (Wildman–Crippen LogP) is 3.30. The Morgan fingerprint density at radius 3 is 2.59 bits per heavy atom. The molecule has 0 amide bonds. The smallest absolute Gasteiger partial charge is 0.0997 e. The summed E-state index contributed by atoms with van der Waals surface area (Å²) in [6, 6.07) is 5.89. The number of rotatable bonds is 2. The lowest BCUT2D eigenvalue weighted by atomic mass is 10.1. The Bertz CT molecular complexity index is 546. The van der Waals surface area contributed by atoms with Crippen LogP contribution in [0.3, 0.4) is 0 Å². The van der Waals surface area contributed by atoms with E-state index >= 15 is 0 Å². The summed E-state index contributed by atoms with van der Waals surface area (Å²) in [5.74, 6) is 0. The Hall–Kier alpha value is -1.13. The van der Waals surface area contributed by atoms with Crippen molar-refractivity contribution < 1.29 is 5.11 Å². The van der Waals surface area contributed by atoms with Crippen molar-refractivity contribution in [2.75, 3.05) is 0 Å². The number of aromatic nitrogens is 2. The molecular weight excluding hydrogens is 280 g/mol. The molecule has 0 saturated heterocycles. The molecule has 0 fully saturated rings. The maximum absolute atomic E-state index is 9.83. The summed E-state index contributed by atoms with van der Waals surface area (Å²) < 4.78 is 2.97. The fourth-order valence-electron chi connectivity index (χ4n) is 1.82. The van der Waals surface area contributed by atoms with E-state index in [-0.39, 0.29) is 0 Å². The second-order valence-corrected chi connectivity index (χ2v) is 5.08. The first kappa shape index (κ1) is 12.3. The van der Waals surface area contributed by atoms with Gasteiger partial charge in [-0.05, 0) is 39.0 Å². The average molecular weight is 295 g/mol. The third-order valence-corrected chi connectivity index (χ3v) is 3.44. The van der Waals surface area contributed by atoms with Crippen LogP contribution in [-0.2, 0) is 0 Å². The zero-order chi connectivity index (χ0) is 12.6. The van der Waals surface area contributed by atoms with Gasteiger partial charge in [-0.2, -0.15) is 0 Å². The molecule has 0 bridgehead atoms. The molecule has 2 aromatic rings. The van der Waals surface area contributed by atoms with Crippen molar-refractivity contribution >= 4 is 15.9 Å². The fraction of sp³-hybridized carbons (Fsp3) is 0.308. The van der Waals surface area contributed by atoms with E-state index in [1.807, 2.05) is 36.6 Å². The maximum Gasteiger partial charge on any atom is 0.0997 e.